The van der Waals surface area contributed by atoms with Crippen molar-refractivity contribution >= 4 is 17.6 Å². The number of rotatable bonds is 5. The molecule has 29 heavy (non-hydrogen) atoms. The summed E-state index contributed by atoms with van der Waals surface area (Å²) in [4.78, 5) is 13.7. The molecule has 4 nitrogen and oxygen atoms in total. The van der Waals surface area contributed by atoms with Crippen molar-refractivity contribution in [1.29, 1.82) is 0 Å². The molecular formula is C21H21ClF3NO3. The van der Waals surface area contributed by atoms with Gasteiger partial charge in [0.15, 0.2) is 0 Å². The monoisotopic (exact) mass is 427 g/mol. The summed E-state index contributed by atoms with van der Waals surface area (Å²) in [6, 6.07) is 8.46. The Labute approximate surface area is 171 Å². The van der Waals surface area contributed by atoms with Gasteiger partial charge in [0.05, 0.1) is 18.7 Å². The van der Waals surface area contributed by atoms with Crippen LogP contribution in [0.1, 0.15) is 42.0 Å². The molecule has 0 radical (unpaired) electrons. The number of aliphatic carboxylic acids is 1. The molecule has 0 amide bonds. The Morgan fingerprint density at radius 1 is 1.21 bits per heavy atom. The number of carbonyl (C=O) groups is 1. The van der Waals surface area contributed by atoms with Crippen LogP contribution in [0.25, 0.3) is 0 Å². The van der Waals surface area contributed by atoms with E-state index < -0.39 is 29.8 Å². The van der Waals surface area contributed by atoms with Gasteiger partial charge < -0.3 is 9.84 Å². The average molecular weight is 428 g/mol. The highest BCUT2D eigenvalue weighted by atomic mass is 35.5. The third-order valence-electron chi connectivity index (χ3n) is 5.20. The highest BCUT2D eigenvalue weighted by Crippen LogP contribution is 2.40. The first-order valence-electron chi connectivity index (χ1n) is 9.21. The highest BCUT2D eigenvalue weighted by molar-refractivity contribution is 6.30. The molecular weight excluding hydrogens is 407 g/mol. The van der Waals surface area contributed by atoms with E-state index >= 15 is 0 Å². The molecule has 1 aliphatic heterocycles. The molecule has 0 spiro atoms. The van der Waals surface area contributed by atoms with Crippen LogP contribution in [0.2, 0.25) is 5.02 Å². The molecule has 0 aromatic heterocycles. The largest absolute Gasteiger partial charge is 0.496 e. The Kier molecular flexibility index (Phi) is 6.39. The van der Waals surface area contributed by atoms with Gasteiger partial charge in [-0.05, 0) is 55.3 Å². The number of hydrogen-bond acceptors (Lipinski definition) is 3. The fourth-order valence-corrected chi connectivity index (χ4v) is 4.03. The number of likely N-dealkylation sites (tertiary alicyclic amines) is 1. The van der Waals surface area contributed by atoms with E-state index in [1.807, 2.05) is 4.90 Å². The second-order valence-electron chi connectivity index (χ2n) is 7.00. The number of carboxylic acids is 1. The number of carboxylic acid groups (broad SMARTS) is 1. The zero-order valence-electron chi connectivity index (χ0n) is 15.7. The molecule has 2 atom stereocenters. The number of alkyl halides is 3. The normalized spacial score (nSPS) is 19.0. The van der Waals surface area contributed by atoms with Gasteiger partial charge in [0.1, 0.15) is 11.8 Å². The van der Waals surface area contributed by atoms with E-state index in [0.29, 0.717) is 34.9 Å². The summed E-state index contributed by atoms with van der Waals surface area (Å²) in [5, 5.41) is 10.2. The first kappa shape index (κ1) is 21.5. The van der Waals surface area contributed by atoms with Crippen LogP contribution in [0.5, 0.6) is 5.75 Å². The molecule has 1 N–H and O–H groups in total. The van der Waals surface area contributed by atoms with Crippen LogP contribution in [0.3, 0.4) is 0 Å². The minimum atomic E-state index is -4.45. The van der Waals surface area contributed by atoms with Crippen molar-refractivity contribution in [3.05, 3.63) is 64.2 Å². The molecule has 2 unspecified atom stereocenters. The lowest BCUT2D eigenvalue weighted by Gasteiger charge is -2.40. The highest BCUT2D eigenvalue weighted by Gasteiger charge is 2.37. The SMILES string of the molecule is COc1ccc(Cl)cc1C(c1ccc(C(F)(F)F)cc1)N1CCCCC1C(=O)O. The number of methoxy groups -OCH3 is 1. The Bertz CT molecular complexity index is 870. The molecule has 0 bridgehead atoms. The van der Waals surface area contributed by atoms with Crippen molar-refractivity contribution in [3.8, 4) is 5.75 Å². The van der Waals surface area contributed by atoms with E-state index in [1.165, 1.54) is 19.2 Å². The predicted octanol–water partition coefficient (Wildman–Crippen LogP) is 5.40. The zero-order chi connectivity index (χ0) is 21.2. The Balaban J connectivity index is 2.14. The van der Waals surface area contributed by atoms with Crippen molar-refractivity contribution in [2.24, 2.45) is 0 Å². The molecule has 1 saturated heterocycles. The maximum absolute atomic E-state index is 13.0. The maximum atomic E-state index is 13.0. The summed E-state index contributed by atoms with van der Waals surface area (Å²) in [7, 11) is 1.49. The fraction of sp³-hybridized carbons (Fsp3) is 0.381. The fourth-order valence-electron chi connectivity index (χ4n) is 3.85. The molecule has 2 aromatic rings. The summed E-state index contributed by atoms with van der Waals surface area (Å²) in [5.41, 5.74) is 0.408. The first-order valence-corrected chi connectivity index (χ1v) is 9.59. The average Bonchev–Trinajstić information content (AvgIpc) is 2.68. The van der Waals surface area contributed by atoms with Crippen molar-refractivity contribution in [2.45, 2.75) is 37.5 Å². The summed E-state index contributed by atoms with van der Waals surface area (Å²) < 4.78 is 44.5. The molecule has 0 aliphatic carbocycles. The molecule has 1 fully saturated rings. The van der Waals surface area contributed by atoms with Crippen molar-refractivity contribution in [3.63, 3.8) is 0 Å². The number of nitrogens with zero attached hydrogens (tertiary/aromatic N) is 1. The summed E-state index contributed by atoms with van der Waals surface area (Å²) in [6.45, 7) is 0.498. The van der Waals surface area contributed by atoms with E-state index in [9.17, 15) is 23.1 Å². The third-order valence-corrected chi connectivity index (χ3v) is 5.44. The third kappa shape index (κ3) is 4.67. The summed E-state index contributed by atoms with van der Waals surface area (Å²) in [6.07, 6.45) is -2.41. The van der Waals surface area contributed by atoms with Gasteiger partial charge in [0.25, 0.3) is 0 Å². The van der Waals surface area contributed by atoms with Gasteiger partial charge in [-0.3, -0.25) is 9.69 Å². The Hall–Kier alpha value is -2.25. The van der Waals surface area contributed by atoms with E-state index in [1.54, 1.807) is 18.2 Å². The second kappa shape index (κ2) is 8.63. The van der Waals surface area contributed by atoms with Gasteiger partial charge in [-0.15, -0.1) is 0 Å². The Morgan fingerprint density at radius 2 is 1.90 bits per heavy atom. The number of hydrogen-bond donors (Lipinski definition) is 1. The molecule has 1 aliphatic rings. The van der Waals surface area contributed by atoms with Crippen LogP contribution in [0.15, 0.2) is 42.5 Å². The molecule has 156 valence electrons. The zero-order valence-corrected chi connectivity index (χ0v) is 16.5. The van der Waals surface area contributed by atoms with Gasteiger partial charge in [-0.2, -0.15) is 13.2 Å². The lowest BCUT2D eigenvalue weighted by atomic mass is 9.90. The minimum absolute atomic E-state index is 0.432. The van der Waals surface area contributed by atoms with Crippen LogP contribution in [-0.2, 0) is 11.0 Å². The minimum Gasteiger partial charge on any atom is -0.496 e. The van der Waals surface area contributed by atoms with Gasteiger partial charge in [-0.25, -0.2) is 0 Å². The van der Waals surface area contributed by atoms with Crippen LogP contribution >= 0.6 is 11.6 Å². The lowest BCUT2D eigenvalue weighted by Crippen LogP contribution is -2.46. The summed E-state index contributed by atoms with van der Waals surface area (Å²) in [5.74, 6) is -0.461. The number of piperidine rings is 1. The maximum Gasteiger partial charge on any atom is 0.416 e. The first-order chi connectivity index (χ1) is 13.7. The van der Waals surface area contributed by atoms with E-state index in [2.05, 4.69) is 0 Å². The quantitative estimate of drug-likeness (QED) is 0.694. The van der Waals surface area contributed by atoms with E-state index in [0.717, 1.165) is 25.0 Å². The number of halogens is 4. The van der Waals surface area contributed by atoms with E-state index in [-0.39, 0.29) is 0 Å². The number of benzene rings is 2. The second-order valence-corrected chi connectivity index (χ2v) is 7.43. The Morgan fingerprint density at radius 3 is 2.48 bits per heavy atom. The predicted molar refractivity (Wildman–Crippen MR) is 103 cm³/mol. The van der Waals surface area contributed by atoms with Gasteiger partial charge in [0.2, 0.25) is 0 Å². The molecule has 1 heterocycles. The number of ether oxygens (including phenoxy) is 1. The molecule has 8 heteroatoms. The van der Waals surface area contributed by atoms with Crippen molar-refractivity contribution in [1.82, 2.24) is 4.90 Å². The lowest BCUT2D eigenvalue weighted by molar-refractivity contribution is -0.145. The van der Waals surface area contributed by atoms with Gasteiger partial charge >= 0.3 is 12.1 Å². The van der Waals surface area contributed by atoms with Gasteiger partial charge in [-0.1, -0.05) is 30.2 Å². The topological polar surface area (TPSA) is 49.8 Å². The van der Waals surface area contributed by atoms with Crippen LogP contribution < -0.4 is 4.74 Å². The van der Waals surface area contributed by atoms with E-state index in [4.69, 9.17) is 16.3 Å². The smallest absolute Gasteiger partial charge is 0.416 e. The van der Waals surface area contributed by atoms with Crippen LogP contribution in [0, 0.1) is 0 Å². The molecule has 2 aromatic carbocycles. The molecule has 3 rings (SSSR count). The van der Waals surface area contributed by atoms with Crippen molar-refractivity contribution < 1.29 is 27.8 Å². The molecule has 0 saturated carbocycles. The van der Waals surface area contributed by atoms with Gasteiger partial charge in [0, 0.05) is 10.6 Å². The van der Waals surface area contributed by atoms with Crippen molar-refractivity contribution in [2.75, 3.05) is 13.7 Å². The summed E-state index contributed by atoms with van der Waals surface area (Å²) >= 11 is 6.19. The standard InChI is InChI=1S/C21H21ClF3NO3/c1-29-18-10-9-15(22)12-16(18)19(26-11-3-2-4-17(26)20(27)28)13-5-7-14(8-6-13)21(23,24)25/h5-10,12,17,19H,2-4,11H2,1H3,(H,27,28). The van der Waals surface area contributed by atoms with Crippen LogP contribution in [0.4, 0.5) is 13.2 Å². The van der Waals surface area contributed by atoms with Crippen LogP contribution in [-0.4, -0.2) is 35.7 Å².